The summed E-state index contributed by atoms with van der Waals surface area (Å²) in [5, 5.41) is 6.09. The summed E-state index contributed by atoms with van der Waals surface area (Å²) in [6.45, 7) is 6.34. The maximum Gasteiger partial charge on any atom is 0.412 e. The average Bonchev–Trinajstić information content (AvgIpc) is 3.07. The second-order valence-electron chi connectivity index (χ2n) is 6.48. The van der Waals surface area contributed by atoms with Crippen molar-refractivity contribution < 1.29 is 14.3 Å². The van der Waals surface area contributed by atoms with Crippen LogP contribution in [0.25, 0.3) is 0 Å². The van der Waals surface area contributed by atoms with Crippen molar-refractivity contribution in [1.29, 1.82) is 0 Å². The van der Waals surface area contributed by atoms with E-state index in [0.29, 0.717) is 5.69 Å². The van der Waals surface area contributed by atoms with Gasteiger partial charge in [-0.3, -0.25) is 5.32 Å². The number of carbonyl (C=O) groups excluding carboxylic acids is 1. The van der Waals surface area contributed by atoms with Gasteiger partial charge in [0.05, 0.1) is 12.2 Å². The molecule has 0 radical (unpaired) electrons. The Balaban J connectivity index is 1.68. The van der Waals surface area contributed by atoms with Gasteiger partial charge >= 0.3 is 6.09 Å². The quantitative estimate of drug-likeness (QED) is 0.825. The van der Waals surface area contributed by atoms with E-state index in [0.717, 1.165) is 30.8 Å². The summed E-state index contributed by atoms with van der Waals surface area (Å²) < 4.78 is 11.2. The van der Waals surface area contributed by atoms with Crippen LogP contribution >= 0.6 is 0 Å². The van der Waals surface area contributed by atoms with Gasteiger partial charge in [-0.2, -0.15) is 0 Å². The molecule has 108 valence electrons. The summed E-state index contributed by atoms with van der Waals surface area (Å²) in [7, 11) is 0. The van der Waals surface area contributed by atoms with E-state index in [-0.39, 0.29) is 5.60 Å². The van der Waals surface area contributed by atoms with Crippen molar-refractivity contribution in [2.24, 2.45) is 0 Å². The maximum atomic E-state index is 11.7. The molecule has 1 aromatic carbocycles. The molecule has 1 spiro atoms. The number of nitrogens with one attached hydrogen (secondary N) is 2. The molecular formula is C15H20N2O3. The first-order chi connectivity index (χ1) is 9.35. The number of benzene rings is 1. The predicted molar refractivity (Wildman–Crippen MR) is 77.4 cm³/mol. The predicted octanol–water partition coefficient (Wildman–Crippen LogP) is 3.37. The Kier molecular flexibility index (Phi) is 2.81. The lowest BCUT2D eigenvalue weighted by Crippen LogP contribution is -2.32. The molecule has 2 aliphatic rings. The fourth-order valence-electron chi connectivity index (χ4n) is 2.20. The van der Waals surface area contributed by atoms with E-state index < -0.39 is 11.7 Å². The van der Waals surface area contributed by atoms with E-state index in [1.54, 1.807) is 0 Å². The van der Waals surface area contributed by atoms with E-state index in [9.17, 15) is 4.79 Å². The number of anilines is 2. The standard InChI is InChI=1S/C15H20N2O3/c1-14(2,3)20-13(18)17-10-4-5-12-11(8-10)16-9-15(19-12)6-7-15/h4-5,8,16H,6-7,9H2,1-3H3,(H,17,18). The molecule has 1 saturated carbocycles. The molecule has 0 saturated heterocycles. The zero-order valence-corrected chi connectivity index (χ0v) is 12.1. The van der Waals surface area contributed by atoms with Gasteiger partial charge in [0.15, 0.2) is 0 Å². The summed E-state index contributed by atoms with van der Waals surface area (Å²) in [6.07, 6.45) is 1.77. The van der Waals surface area contributed by atoms with E-state index >= 15 is 0 Å². The Bertz CT molecular complexity index is 545. The highest BCUT2D eigenvalue weighted by Crippen LogP contribution is 2.46. The van der Waals surface area contributed by atoms with Gasteiger partial charge in [0, 0.05) is 5.69 Å². The van der Waals surface area contributed by atoms with Gasteiger partial charge in [0.2, 0.25) is 0 Å². The Morgan fingerprint density at radius 1 is 1.40 bits per heavy atom. The van der Waals surface area contributed by atoms with Crippen molar-refractivity contribution in [3.8, 4) is 5.75 Å². The zero-order valence-electron chi connectivity index (χ0n) is 12.1. The molecule has 0 unspecified atom stereocenters. The lowest BCUT2D eigenvalue weighted by molar-refractivity contribution is 0.0636. The van der Waals surface area contributed by atoms with E-state index in [1.165, 1.54) is 0 Å². The lowest BCUT2D eigenvalue weighted by Gasteiger charge is -2.27. The zero-order chi connectivity index (χ0) is 14.4. The normalized spacial score (nSPS) is 18.6. The van der Waals surface area contributed by atoms with Crippen LogP contribution in [-0.4, -0.2) is 23.8 Å². The molecule has 1 fully saturated rings. The molecule has 3 rings (SSSR count). The van der Waals surface area contributed by atoms with Crippen LogP contribution in [0.15, 0.2) is 18.2 Å². The number of fused-ring (bicyclic) bond motifs is 1. The number of amides is 1. The summed E-state index contributed by atoms with van der Waals surface area (Å²) in [6, 6.07) is 5.58. The molecule has 1 aliphatic carbocycles. The van der Waals surface area contributed by atoms with Gasteiger partial charge in [0.1, 0.15) is 17.0 Å². The maximum absolute atomic E-state index is 11.7. The molecule has 2 N–H and O–H groups in total. The first-order valence-electron chi connectivity index (χ1n) is 6.92. The molecule has 0 bridgehead atoms. The lowest BCUT2D eigenvalue weighted by atomic mass is 10.2. The molecular weight excluding hydrogens is 256 g/mol. The van der Waals surface area contributed by atoms with Crippen LogP contribution in [0.1, 0.15) is 33.6 Å². The number of hydrogen-bond acceptors (Lipinski definition) is 4. The number of carbonyl (C=O) groups is 1. The van der Waals surface area contributed by atoms with Gasteiger partial charge < -0.3 is 14.8 Å². The Hall–Kier alpha value is -1.91. The van der Waals surface area contributed by atoms with Crippen LogP contribution < -0.4 is 15.4 Å². The van der Waals surface area contributed by atoms with E-state index in [1.807, 2.05) is 39.0 Å². The summed E-state index contributed by atoms with van der Waals surface area (Å²) >= 11 is 0. The topological polar surface area (TPSA) is 59.6 Å². The van der Waals surface area contributed by atoms with Gasteiger partial charge in [-0.15, -0.1) is 0 Å². The summed E-state index contributed by atoms with van der Waals surface area (Å²) in [4.78, 5) is 11.7. The first-order valence-corrected chi connectivity index (χ1v) is 6.92. The van der Waals surface area contributed by atoms with Crippen LogP contribution in [0.2, 0.25) is 0 Å². The van der Waals surface area contributed by atoms with Crippen molar-refractivity contribution in [3.05, 3.63) is 18.2 Å². The van der Waals surface area contributed by atoms with Crippen LogP contribution in [0, 0.1) is 0 Å². The third kappa shape index (κ3) is 2.81. The van der Waals surface area contributed by atoms with Crippen LogP contribution in [0.5, 0.6) is 5.75 Å². The fourth-order valence-corrected chi connectivity index (χ4v) is 2.20. The Morgan fingerprint density at radius 2 is 2.15 bits per heavy atom. The molecule has 0 aromatic heterocycles. The van der Waals surface area contributed by atoms with E-state index in [2.05, 4.69) is 10.6 Å². The minimum atomic E-state index is -0.502. The average molecular weight is 276 g/mol. The van der Waals surface area contributed by atoms with Gasteiger partial charge in [0.25, 0.3) is 0 Å². The highest BCUT2D eigenvalue weighted by atomic mass is 16.6. The van der Waals surface area contributed by atoms with Crippen molar-refractivity contribution in [2.45, 2.75) is 44.8 Å². The van der Waals surface area contributed by atoms with Gasteiger partial charge in [-0.25, -0.2) is 4.79 Å². The molecule has 1 aromatic rings. The minimum absolute atomic E-state index is 0.0209. The number of hydrogen-bond donors (Lipinski definition) is 2. The van der Waals surface area contributed by atoms with E-state index in [4.69, 9.17) is 9.47 Å². The second kappa shape index (κ2) is 4.30. The second-order valence-corrected chi connectivity index (χ2v) is 6.48. The van der Waals surface area contributed by atoms with Crippen molar-refractivity contribution in [2.75, 3.05) is 17.2 Å². The minimum Gasteiger partial charge on any atom is -0.483 e. The third-order valence-corrected chi connectivity index (χ3v) is 3.36. The first kappa shape index (κ1) is 13.1. The van der Waals surface area contributed by atoms with Crippen molar-refractivity contribution in [1.82, 2.24) is 0 Å². The van der Waals surface area contributed by atoms with Crippen LogP contribution in [0.3, 0.4) is 0 Å². The van der Waals surface area contributed by atoms with Crippen molar-refractivity contribution in [3.63, 3.8) is 0 Å². The van der Waals surface area contributed by atoms with Gasteiger partial charge in [-0.1, -0.05) is 0 Å². The van der Waals surface area contributed by atoms with Crippen LogP contribution in [-0.2, 0) is 4.74 Å². The van der Waals surface area contributed by atoms with Gasteiger partial charge in [-0.05, 0) is 51.8 Å². The molecule has 20 heavy (non-hydrogen) atoms. The number of rotatable bonds is 1. The fraction of sp³-hybridized carbons (Fsp3) is 0.533. The number of ether oxygens (including phenoxy) is 2. The van der Waals surface area contributed by atoms with Crippen LogP contribution in [0.4, 0.5) is 16.2 Å². The monoisotopic (exact) mass is 276 g/mol. The van der Waals surface area contributed by atoms with Crippen molar-refractivity contribution >= 4 is 17.5 Å². The molecule has 5 heteroatoms. The Labute approximate surface area is 118 Å². The summed E-state index contributed by atoms with van der Waals surface area (Å²) in [5.41, 5.74) is 1.13. The highest BCUT2D eigenvalue weighted by Gasteiger charge is 2.47. The SMILES string of the molecule is CC(C)(C)OC(=O)Nc1ccc2c(c1)NCC1(CC1)O2. The highest BCUT2D eigenvalue weighted by molar-refractivity contribution is 5.86. The smallest absolute Gasteiger partial charge is 0.412 e. The third-order valence-electron chi connectivity index (χ3n) is 3.36. The molecule has 0 atom stereocenters. The molecule has 1 amide bonds. The molecule has 1 heterocycles. The Morgan fingerprint density at radius 3 is 2.80 bits per heavy atom. The molecule has 1 aliphatic heterocycles. The summed E-state index contributed by atoms with van der Waals surface area (Å²) in [5.74, 6) is 0.850. The largest absolute Gasteiger partial charge is 0.483 e. The molecule has 5 nitrogen and oxygen atoms in total.